The van der Waals surface area contributed by atoms with Gasteiger partial charge in [0.2, 0.25) is 5.91 Å². The largest absolute Gasteiger partial charge is 0.336 e. The normalized spacial score (nSPS) is 19.6. The molecular weight excluding hydrogens is 324 g/mol. The van der Waals surface area contributed by atoms with Crippen molar-refractivity contribution in [1.29, 1.82) is 5.26 Å². The molecule has 1 aliphatic heterocycles. The zero-order valence-corrected chi connectivity index (χ0v) is 16.7. The number of nitrogens with one attached hydrogen (secondary N) is 1. The number of hydrogen-bond acceptors (Lipinski definition) is 4. The number of benzene rings is 1. The van der Waals surface area contributed by atoms with Crippen molar-refractivity contribution in [2.45, 2.75) is 52.7 Å². The summed E-state index contributed by atoms with van der Waals surface area (Å²) in [7, 11) is 0. The van der Waals surface area contributed by atoms with Gasteiger partial charge in [-0.3, -0.25) is 14.6 Å². The summed E-state index contributed by atoms with van der Waals surface area (Å²) >= 11 is 0. The molecule has 0 unspecified atom stereocenters. The van der Waals surface area contributed by atoms with E-state index in [4.69, 9.17) is 0 Å². The maximum atomic E-state index is 12.6. The van der Waals surface area contributed by atoms with Gasteiger partial charge in [0.25, 0.3) is 0 Å². The van der Waals surface area contributed by atoms with Crippen LogP contribution < -0.4 is 5.32 Å². The summed E-state index contributed by atoms with van der Waals surface area (Å²) in [6, 6.07) is 10.5. The fourth-order valence-electron chi connectivity index (χ4n) is 3.16. The van der Waals surface area contributed by atoms with Gasteiger partial charge in [0.1, 0.15) is 5.54 Å². The number of amides is 1. The average Bonchev–Trinajstić information content (AvgIpc) is 2.63. The summed E-state index contributed by atoms with van der Waals surface area (Å²) in [6.07, 6.45) is 0. The van der Waals surface area contributed by atoms with Gasteiger partial charge < -0.3 is 5.32 Å². The van der Waals surface area contributed by atoms with Crippen LogP contribution >= 0.6 is 0 Å². The van der Waals surface area contributed by atoms with Gasteiger partial charge in [0.05, 0.1) is 12.1 Å². The zero-order chi connectivity index (χ0) is 19.3. The van der Waals surface area contributed by atoms with E-state index in [1.54, 1.807) is 6.92 Å². The van der Waals surface area contributed by atoms with E-state index < -0.39 is 5.54 Å². The van der Waals surface area contributed by atoms with Gasteiger partial charge >= 0.3 is 0 Å². The maximum absolute atomic E-state index is 12.6. The molecule has 2 atom stereocenters. The molecule has 0 aromatic heterocycles. The number of carbonyl (C=O) groups is 1. The van der Waals surface area contributed by atoms with Crippen LogP contribution in [0.15, 0.2) is 24.3 Å². The van der Waals surface area contributed by atoms with E-state index >= 15 is 0 Å². The van der Waals surface area contributed by atoms with Crippen LogP contribution in [0.3, 0.4) is 0 Å². The van der Waals surface area contributed by atoms with Crippen LogP contribution in [0.25, 0.3) is 0 Å². The molecule has 1 aliphatic rings. The Kier molecular flexibility index (Phi) is 6.80. The lowest BCUT2D eigenvalue weighted by Crippen LogP contribution is -2.58. The minimum atomic E-state index is -0.821. The fourth-order valence-corrected chi connectivity index (χ4v) is 3.16. The molecule has 1 aromatic rings. The Bertz CT molecular complexity index is 658. The SMILES string of the molecule is Cc1ccccc1CN1CCN([C@H](C)C(=O)N[C@@](C)(C#N)C(C)C)CC1. The number of carbonyl (C=O) groups excluding carboxylic acids is 1. The number of aryl methyl sites for hydroxylation is 1. The molecule has 5 heteroatoms. The van der Waals surface area contributed by atoms with Crippen LogP contribution in [0.4, 0.5) is 0 Å². The standard InChI is InChI=1S/C21H32N4O/c1-16(2)21(5,15-22)23-20(26)18(4)25-12-10-24(11-13-25)14-19-9-7-6-8-17(19)3/h6-9,16,18H,10-14H2,1-5H3,(H,23,26)/t18-,21+/m1/s1. The van der Waals surface area contributed by atoms with Crippen LogP contribution in [0, 0.1) is 24.2 Å². The molecule has 0 spiro atoms. The molecule has 0 radical (unpaired) electrons. The minimum absolute atomic E-state index is 0.0601. The molecule has 0 saturated carbocycles. The Balaban J connectivity index is 1.88. The summed E-state index contributed by atoms with van der Waals surface area (Å²) in [5.74, 6) is 0.00436. The first kappa shape index (κ1) is 20.4. The van der Waals surface area contributed by atoms with Crippen molar-refractivity contribution in [3.05, 3.63) is 35.4 Å². The third-order valence-electron chi connectivity index (χ3n) is 5.76. The van der Waals surface area contributed by atoms with Gasteiger partial charge in [0.15, 0.2) is 0 Å². The van der Waals surface area contributed by atoms with Gasteiger partial charge in [-0.1, -0.05) is 38.1 Å². The first-order chi connectivity index (χ1) is 12.3. The first-order valence-electron chi connectivity index (χ1n) is 9.51. The van der Waals surface area contributed by atoms with Crippen molar-refractivity contribution < 1.29 is 4.79 Å². The first-order valence-corrected chi connectivity index (χ1v) is 9.51. The molecule has 1 heterocycles. The highest BCUT2D eigenvalue weighted by Gasteiger charge is 2.33. The number of nitrogens with zero attached hydrogens (tertiary/aromatic N) is 3. The van der Waals surface area contributed by atoms with E-state index in [-0.39, 0.29) is 17.9 Å². The average molecular weight is 357 g/mol. The highest BCUT2D eigenvalue weighted by Crippen LogP contribution is 2.17. The molecule has 2 rings (SSSR count). The van der Waals surface area contributed by atoms with E-state index in [1.165, 1.54) is 11.1 Å². The Labute approximate surface area is 158 Å². The predicted molar refractivity (Wildman–Crippen MR) is 104 cm³/mol. The number of rotatable bonds is 6. The molecular formula is C21H32N4O. The Morgan fingerprint density at radius 3 is 2.38 bits per heavy atom. The lowest BCUT2D eigenvalue weighted by atomic mass is 9.89. The fraction of sp³-hybridized carbons (Fsp3) is 0.619. The van der Waals surface area contributed by atoms with Crippen LogP contribution in [0.2, 0.25) is 0 Å². The molecule has 1 fully saturated rings. The van der Waals surface area contributed by atoms with Crippen molar-refractivity contribution >= 4 is 5.91 Å². The van der Waals surface area contributed by atoms with Crippen molar-refractivity contribution in [2.75, 3.05) is 26.2 Å². The zero-order valence-electron chi connectivity index (χ0n) is 16.7. The van der Waals surface area contributed by atoms with Gasteiger partial charge in [-0.2, -0.15) is 5.26 Å². The monoisotopic (exact) mass is 356 g/mol. The van der Waals surface area contributed by atoms with E-state index in [9.17, 15) is 10.1 Å². The molecule has 1 N–H and O–H groups in total. The van der Waals surface area contributed by atoms with E-state index in [0.717, 1.165) is 32.7 Å². The highest BCUT2D eigenvalue weighted by atomic mass is 16.2. The molecule has 0 aliphatic carbocycles. The van der Waals surface area contributed by atoms with Crippen LogP contribution in [-0.4, -0.2) is 53.5 Å². The summed E-state index contributed by atoms with van der Waals surface area (Å²) in [5, 5.41) is 12.4. The number of nitriles is 1. The highest BCUT2D eigenvalue weighted by molar-refractivity contribution is 5.82. The molecule has 1 amide bonds. The van der Waals surface area contributed by atoms with Crippen molar-refractivity contribution in [2.24, 2.45) is 5.92 Å². The quantitative estimate of drug-likeness (QED) is 0.851. The van der Waals surface area contributed by atoms with Crippen LogP contribution in [-0.2, 0) is 11.3 Å². The van der Waals surface area contributed by atoms with E-state index in [1.807, 2.05) is 20.8 Å². The second-order valence-corrected chi connectivity index (χ2v) is 7.87. The predicted octanol–water partition coefficient (Wildman–Crippen LogP) is 2.56. The second kappa shape index (κ2) is 8.66. The van der Waals surface area contributed by atoms with Crippen molar-refractivity contribution in [3.8, 4) is 6.07 Å². The Morgan fingerprint density at radius 1 is 1.23 bits per heavy atom. The third kappa shape index (κ3) is 4.84. The van der Waals surface area contributed by atoms with E-state index in [0.29, 0.717) is 0 Å². The van der Waals surface area contributed by atoms with Gasteiger partial charge in [0, 0.05) is 32.7 Å². The molecule has 142 valence electrons. The topological polar surface area (TPSA) is 59.4 Å². The summed E-state index contributed by atoms with van der Waals surface area (Å²) in [4.78, 5) is 17.3. The van der Waals surface area contributed by atoms with Crippen LogP contribution in [0.1, 0.15) is 38.8 Å². The lowest BCUT2D eigenvalue weighted by molar-refractivity contribution is -0.128. The Hall–Kier alpha value is -1.90. The van der Waals surface area contributed by atoms with Crippen LogP contribution in [0.5, 0.6) is 0 Å². The Morgan fingerprint density at radius 2 is 1.85 bits per heavy atom. The molecule has 1 saturated heterocycles. The molecule has 1 aromatic carbocycles. The number of piperazine rings is 1. The van der Waals surface area contributed by atoms with Gasteiger partial charge in [-0.05, 0) is 37.8 Å². The third-order valence-corrected chi connectivity index (χ3v) is 5.76. The number of hydrogen-bond donors (Lipinski definition) is 1. The van der Waals surface area contributed by atoms with Crippen molar-refractivity contribution in [3.63, 3.8) is 0 Å². The lowest BCUT2D eigenvalue weighted by Gasteiger charge is -2.38. The maximum Gasteiger partial charge on any atom is 0.238 e. The molecule has 0 bridgehead atoms. The van der Waals surface area contributed by atoms with Crippen molar-refractivity contribution in [1.82, 2.24) is 15.1 Å². The summed E-state index contributed by atoms with van der Waals surface area (Å²) in [5.41, 5.74) is 1.87. The molecule has 26 heavy (non-hydrogen) atoms. The minimum Gasteiger partial charge on any atom is -0.336 e. The smallest absolute Gasteiger partial charge is 0.238 e. The molecule has 5 nitrogen and oxygen atoms in total. The van der Waals surface area contributed by atoms with Gasteiger partial charge in [-0.25, -0.2) is 0 Å². The second-order valence-electron chi connectivity index (χ2n) is 7.87. The summed E-state index contributed by atoms with van der Waals surface area (Å²) in [6.45, 7) is 14.4. The summed E-state index contributed by atoms with van der Waals surface area (Å²) < 4.78 is 0. The van der Waals surface area contributed by atoms with Gasteiger partial charge in [-0.15, -0.1) is 0 Å². The van der Waals surface area contributed by atoms with E-state index in [2.05, 4.69) is 52.4 Å².